The lowest BCUT2D eigenvalue weighted by atomic mass is 9.95. The SMILES string of the molecule is Fc1ccc(-c2noc(CC3CCNCC3)n2)c(F)c1. The van der Waals surface area contributed by atoms with Crippen molar-refractivity contribution in [2.45, 2.75) is 19.3 Å². The first-order valence-electron chi connectivity index (χ1n) is 6.71. The van der Waals surface area contributed by atoms with E-state index in [4.69, 9.17) is 4.52 Å². The van der Waals surface area contributed by atoms with Crippen LogP contribution in [0.5, 0.6) is 0 Å². The fourth-order valence-electron chi connectivity index (χ4n) is 2.45. The van der Waals surface area contributed by atoms with E-state index >= 15 is 0 Å². The van der Waals surface area contributed by atoms with Gasteiger partial charge < -0.3 is 9.84 Å². The summed E-state index contributed by atoms with van der Waals surface area (Å²) in [6.45, 7) is 2.00. The number of piperidine rings is 1. The van der Waals surface area contributed by atoms with Gasteiger partial charge in [-0.25, -0.2) is 8.78 Å². The van der Waals surface area contributed by atoms with E-state index in [2.05, 4.69) is 15.5 Å². The van der Waals surface area contributed by atoms with Crippen molar-refractivity contribution < 1.29 is 13.3 Å². The summed E-state index contributed by atoms with van der Waals surface area (Å²) in [5, 5.41) is 7.07. The average molecular weight is 279 g/mol. The third kappa shape index (κ3) is 2.85. The first kappa shape index (κ1) is 13.2. The predicted molar refractivity (Wildman–Crippen MR) is 68.9 cm³/mol. The lowest BCUT2D eigenvalue weighted by Crippen LogP contribution is -2.28. The van der Waals surface area contributed by atoms with Crippen molar-refractivity contribution in [1.82, 2.24) is 15.5 Å². The Balaban J connectivity index is 1.75. The van der Waals surface area contributed by atoms with Crippen molar-refractivity contribution in [2.75, 3.05) is 13.1 Å². The van der Waals surface area contributed by atoms with Crippen LogP contribution >= 0.6 is 0 Å². The maximum absolute atomic E-state index is 13.6. The lowest BCUT2D eigenvalue weighted by molar-refractivity contribution is 0.313. The smallest absolute Gasteiger partial charge is 0.227 e. The highest BCUT2D eigenvalue weighted by Crippen LogP contribution is 2.22. The summed E-state index contributed by atoms with van der Waals surface area (Å²) in [6, 6.07) is 3.32. The highest BCUT2D eigenvalue weighted by Gasteiger charge is 2.19. The molecule has 2 aromatic rings. The fourth-order valence-corrected chi connectivity index (χ4v) is 2.45. The van der Waals surface area contributed by atoms with Gasteiger partial charge in [-0.2, -0.15) is 4.98 Å². The summed E-state index contributed by atoms with van der Waals surface area (Å²) in [5.41, 5.74) is 0.159. The maximum Gasteiger partial charge on any atom is 0.227 e. The Labute approximate surface area is 115 Å². The Hall–Kier alpha value is -1.82. The van der Waals surface area contributed by atoms with Gasteiger partial charge in [-0.3, -0.25) is 0 Å². The summed E-state index contributed by atoms with van der Waals surface area (Å²) in [4.78, 5) is 4.20. The molecule has 1 aliphatic heterocycles. The topological polar surface area (TPSA) is 51.0 Å². The Morgan fingerprint density at radius 2 is 2.05 bits per heavy atom. The number of hydrogen-bond donors (Lipinski definition) is 1. The van der Waals surface area contributed by atoms with Gasteiger partial charge in [0.15, 0.2) is 0 Å². The van der Waals surface area contributed by atoms with Crippen LogP contribution in [0.15, 0.2) is 22.7 Å². The molecule has 0 saturated carbocycles. The van der Waals surface area contributed by atoms with E-state index in [0.29, 0.717) is 18.2 Å². The molecule has 0 unspecified atom stereocenters. The van der Waals surface area contributed by atoms with Gasteiger partial charge in [0, 0.05) is 12.5 Å². The first-order valence-corrected chi connectivity index (χ1v) is 6.71. The third-order valence-corrected chi connectivity index (χ3v) is 3.56. The largest absolute Gasteiger partial charge is 0.339 e. The monoisotopic (exact) mass is 279 g/mol. The van der Waals surface area contributed by atoms with Crippen molar-refractivity contribution in [3.05, 3.63) is 35.7 Å². The van der Waals surface area contributed by atoms with Crippen LogP contribution < -0.4 is 5.32 Å². The number of hydrogen-bond acceptors (Lipinski definition) is 4. The number of benzene rings is 1. The van der Waals surface area contributed by atoms with Gasteiger partial charge in [0.2, 0.25) is 11.7 Å². The van der Waals surface area contributed by atoms with Crippen molar-refractivity contribution >= 4 is 0 Å². The van der Waals surface area contributed by atoms with Gasteiger partial charge in [0.25, 0.3) is 0 Å². The second-order valence-electron chi connectivity index (χ2n) is 5.03. The zero-order valence-corrected chi connectivity index (χ0v) is 10.9. The van der Waals surface area contributed by atoms with Gasteiger partial charge in [0.1, 0.15) is 11.6 Å². The summed E-state index contributed by atoms with van der Waals surface area (Å²) in [5.74, 6) is -0.103. The van der Waals surface area contributed by atoms with Crippen LogP contribution in [-0.2, 0) is 6.42 Å². The Morgan fingerprint density at radius 3 is 2.80 bits per heavy atom. The molecule has 1 aromatic carbocycles. The molecule has 0 aliphatic carbocycles. The molecular formula is C14H15F2N3O. The highest BCUT2D eigenvalue weighted by molar-refractivity contribution is 5.54. The second kappa shape index (κ2) is 5.66. The van der Waals surface area contributed by atoms with Crippen LogP contribution in [0.4, 0.5) is 8.78 Å². The number of nitrogens with one attached hydrogen (secondary N) is 1. The van der Waals surface area contributed by atoms with E-state index < -0.39 is 11.6 Å². The molecule has 4 nitrogen and oxygen atoms in total. The molecule has 1 aromatic heterocycles. The Kier molecular flexibility index (Phi) is 3.73. The van der Waals surface area contributed by atoms with Crippen LogP contribution in [0, 0.1) is 17.6 Å². The van der Waals surface area contributed by atoms with Gasteiger partial charge in [0.05, 0.1) is 5.56 Å². The molecule has 2 heterocycles. The summed E-state index contributed by atoms with van der Waals surface area (Å²) in [6.07, 6.45) is 2.85. The molecule has 6 heteroatoms. The fraction of sp³-hybridized carbons (Fsp3) is 0.429. The molecule has 1 fully saturated rings. The van der Waals surface area contributed by atoms with Crippen molar-refractivity contribution in [1.29, 1.82) is 0 Å². The van der Waals surface area contributed by atoms with E-state index in [1.165, 1.54) is 12.1 Å². The van der Waals surface area contributed by atoms with Gasteiger partial charge in [-0.1, -0.05) is 5.16 Å². The molecule has 0 radical (unpaired) electrons. The van der Waals surface area contributed by atoms with Gasteiger partial charge in [-0.05, 0) is 44.0 Å². The molecular weight excluding hydrogens is 264 g/mol. The number of halogens is 2. The zero-order chi connectivity index (χ0) is 13.9. The predicted octanol–water partition coefficient (Wildman–Crippen LogP) is 2.56. The first-order chi connectivity index (χ1) is 9.72. The normalized spacial score (nSPS) is 16.5. The molecule has 106 valence electrons. The minimum Gasteiger partial charge on any atom is -0.339 e. The Bertz CT molecular complexity index is 594. The molecule has 0 amide bonds. The van der Waals surface area contributed by atoms with E-state index in [1.54, 1.807) is 0 Å². The summed E-state index contributed by atoms with van der Waals surface area (Å²) < 4.78 is 31.7. The highest BCUT2D eigenvalue weighted by atomic mass is 19.1. The number of aromatic nitrogens is 2. The third-order valence-electron chi connectivity index (χ3n) is 3.56. The van der Waals surface area contributed by atoms with Crippen LogP contribution in [0.3, 0.4) is 0 Å². The van der Waals surface area contributed by atoms with Gasteiger partial charge >= 0.3 is 0 Å². The molecule has 3 rings (SSSR count). The second-order valence-corrected chi connectivity index (χ2v) is 5.03. The molecule has 0 atom stereocenters. The molecule has 1 N–H and O–H groups in total. The van der Waals surface area contributed by atoms with Crippen LogP contribution in [0.1, 0.15) is 18.7 Å². The minimum atomic E-state index is -0.681. The van der Waals surface area contributed by atoms with Crippen LogP contribution in [-0.4, -0.2) is 23.2 Å². The van der Waals surface area contributed by atoms with Crippen molar-refractivity contribution in [3.8, 4) is 11.4 Å². The number of rotatable bonds is 3. The Morgan fingerprint density at radius 1 is 1.25 bits per heavy atom. The van der Waals surface area contributed by atoms with Crippen LogP contribution in [0.25, 0.3) is 11.4 Å². The minimum absolute atomic E-state index is 0.159. The zero-order valence-electron chi connectivity index (χ0n) is 10.9. The lowest BCUT2D eigenvalue weighted by Gasteiger charge is -2.20. The van der Waals surface area contributed by atoms with Crippen LogP contribution in [0.2, 0.25) is 0 Å². The maximum atomic E-state index is 13.6. The molecule has 20 heavy (non-hydrogen) atoms. The molecule has 0 spiro atoms. The van der Waals surface area contributed by atoms with E-state index in [-0.39, 0.29) is 11.4 Å². The van der Waals surface area contributed by atoms with E-state index in [0.717, 1.165) is 32.0 Å². The standard InChI is InChI=1S/C14H15F2N3O/c15-10-1-2-11(12(16)8-10)14-18-13(20-19-14)7-9-3-5-17-6-4-9/h1-2,8-9,17H,3-7H2. The van der Waals surface area contributed by atoms with E-state index in [1.807, 2.05) is 0 Å². The quantitative estimate of drug-likeness (QED) is 0.938. The van der Waals surface area contributed by atoms with Gasteiger partial charge in [-0.15, -0.1) is 0 Å². The van der Waals surface area contributed by atoms with E-state index in [9.17, 15) is 8.78 Å². The molecule has 0 bridgehead atoms. The summed E-state index contributed by atoms with van der Waals surface area (Å²) in [7, 11) is 0. The number of nitrogens with zero attached hydrogens (tertiary/aromatic N) is 2. The average Bonchev–Trinajstić information content (AvgIpc) is 2.88. The molecule has 1 saturated heterocycles. The van der Waals surface area contributed by atoms with Crippen molar-refractivity contribution in [2.24, 2.45) is 5.92 Å². The van der Waals surface area contributed by atoms with Crippen molar-refractivity contribution in [3.63, 3.8) is 0 Å². The summed E-state index contributed by atoms with van der Waals surface area (Å²) >= 11 is 0. The molecule has 1 aliphatic rings.